The molecule has 2 saturated heterocycles. The van der Waals surface area contributed by atoms with E-state index in [0.717, 1.165) is 31.2 Å². The molecule has 3 rings (SSSR count). The second-order valence-electron chi connectivity index (χ2n) is 5.90. The molecule has 0 aromatic heterocycles. The molecule has 4 atom stereocenters. The Morgan fingerprint density at radius 2 is 2.10 bits per heavy atom. The van der Waals surface area contributed by atoms with Gasteiger partial charge in [-0.3, -0.25) is 9.69 Å². The largest absolute Gasteiger partial charge is 0.481 e. The molecule has 2 fully saturated rings. The fourth-order valence-corrected chi connectivity index (χ4v) is 4.09. The highest BCUT2D eigenvalue weighted by Crippen LogP contribution is 2.47. The Morgan fingerprint density at radius 3 is 2.65 bits per heavy atom. The van der Waals surface area contributed by atoms with Crippen LogP contribution in [0.3, 0.4) is 0 Å². The van der Waals surface area contributed by atoms with Crippen molar-refractivity contribution in [1.82, 2.24) is 4.90 Å². The van der Waals surface area contributed by atoms with Crippen molar-refractivity contribution in [3.8, 4) is 0 Å². The molecular weight excluding hydrogens is 257 g/mol. The molecule has 108 valence electrons. The maximum Gasteiger partial charge on any atom is 0.308 e. The SMILES string of the molecule is CCC(c1ccc(F)cc1)N1C2CCC1C(C(=O)O)C2. The number of nitrogens with zero attached hydrogens (tertiary/aromatic N) is 1. The van der Waals surface area contributed by atoms with E-state index in [9.17, 15) is 14.3 Å². The summed E-state index contributed by atoms with van der Waals surface area (Å²) in [6.07, 6.45) is 3.74. The van der Waals surface area contributed by atoms with Gasteiger partial charge < -0.3 is 5.11 Å². The van der Waals surface area contributed by atoms with E-state index >= 15 is 0 Å². The fourth-order valence-electron chi connectivity index (χ4n) is 4.09. The zero-order valence-corrected chi connectivity index (χ0v) is 11.6. The summed E-state index contributed by atoms with van der Waals surface area (Å²) >= 11 is 0. The lowest BCUT2D eigenvalue weighted by molar-refractivity contribution is -0.142. The van der Waals surface area contributed by atoms with Crippen molar-refractivity contribution in [1.29, 1.82) is 0 Å². The molecule has 2 heterocycles. The number of hydrogen-bond donors (Lipinski definition) is 1. The number of carboxylic acids is 1. The molecule has 20 heavy (non-hydrogen) atoms. The summed E-state index contributed by atoms with van der Waals surface area (Å²) in [6, 6.07) is 7.37. The first kappa shape index (κ1) is 13.6. The number of hydrogen-bond acceptors (Lipinski definition) is 2. The standard InChI is InChI=1S/C16H20FNO2/c1-2-14(10-3-5-11(17)6-4-10)18-12-7-8-15(18)13(9-12)16(19)20/h3-6,12-15H,2,7-9H2,1H3,(H,19,20). The maximum atomic E-state index is 13.1. The molecule has 0 radical (unpaired) electrons. The topological polar surface area (TPSA) is 40.5 Å². The molecule has 3 nitrogen and oxygen atoms in total. The molecule has 4 unspecified atom stereocenters. The van der Waals surface area contributed by atoms with Crippen LogP contribution in [-0.4, -0.2) is 28.1 Å². The van der Waals surface area contributed by atoms with E-state index in [4.69, 9.17) is 0 Å². The average Bonchev–Trinajstić information content (AvgIpc) is 3.00. The summed E-state index contributed by atoms with van der Waals surface area (Å²) in [5, 5.41) is 9.34. The summed E-state index contributed by atoms with van der Waals surface area (Å²) in [6.45, 7) is 2.11. The third-order valence-corrected chi connectivity index (χ3v) is 4.91. The molecule has 2 bridgehead atoms. The van der Waals surface area contributed by atoms with Crippen LogP contribution in [0.4, 0.5) is 4.39 Å². The van der Waals surface area contributed by atoms with Crippen molar-refractivity contribution in [3.63, 3.8) is 0 Å². The first-order valence-electron chi connectivity index (χ1n) is 7.37. The minimum Gasteiger partial charge on any atom is -0.481 e. The molecule has 0 aliphatic carbocycles. The summed E-state index contributed by atoms with van der Waals surface area (Å²) in [5.41, 5.74) is 1.09. The van der Waals surface area contributed by atoms with Crippen LogP contribution in [0.5, 0.6) is 0 Å². The van der Waals surface area contributed by atoms with Gasteiger partial charge in [-0.15, -0.1) is 0 Å². The first-order chi connectivity index (χ1) is 9.61. The predicted molar refractivity (Wildman–Crippen MR) is 73.8 cm³/mol. The van der Waals surface area contributed by atoms with Crippen LogP contribution in [0.1, 0.15) is 44.2 Å². The van der Waals surface area contributed by atoms with E-state index in [0.29, 0.717) is 6.04 Å². The van der Waals surface area contributed by atoms with Crippen LogP contribution in [0, 0.1) is 11.7 Å². The van der Waals surface area contributed by atoms with Gasteiger partial charge in [-0.05, 0) is 43.4 Å². The van der Waals surface area contributed by atoms with Crippen molar-refractivity contribution < 1.29 is 14.3 Å². The quantitative estimate of drug-likeness (QED) is 0.918. The molecule has 0 spiro atoms. The summed E-state index contributed by atoms with van der Waals surface area (Å²) in [7, 11) is 0. The van der Waals surface area contributed by atoms with Crippen LogP contribution in [0.2, 0.25) is 0 Å². The molecule has 0 amide bonds. The minimum atomic E-state index is -0.670. The average molecular weight is 277 g/mol. The number of rotatable bonds is 4. The van der Waals surface area contributed by atoms with E-state index in [1.54, 1.807) is 0 Å². The molecule has 1 aromatic carbocycles. The van der Waals surface area contributed by atoms with Crippen molar-refractivity contribution in [2.24, 2.45) is 5.92 Å². The fraction of sp³-hybridized carbons (Fsp3) is 0.562. The molecule has 0 saturated carbocycles. The van der Waals surface area contributed by atoms with E-state index in [1.807, 2.05) is 12.1 Å². The molecule has 1 aromatic rings. The third kappa shape index (κ3) is 2.12. The van der Waals surface area contributed by atoms with Crippen LogP contribution in [0.25, 0.3) is 0 Å². The first-order valence-corrected chi connectivity index (χ1v) is 7.37. The highest BCUT2D eigenvalue weighted by molar-refractivity contribution is 5.71. The van der Waals surface area contributed by atoms with Gasteiger partial charge in [0.15, 0.2) is 0 Å². The smallest absolute Gasteiger partial charge is 0.308 e. The lowest BCUT2D eigenvalue weighted by Crippen LogP contribution is -2.35. The normalized spacial score (nSPS) is 30.6. The second-order valence-corrected chi connectivity index (χ2v) is 5.90. The highest BCUT2D eigenvalue weighted by Gasteiger charge is 2.51. The van der Waals surface area contributed by atoms with Gasteiger partial charge in [-0.25, -0.2) is 4.39 Å². The lowest BCUT2D eigenvalue weighted by Gasteiger charge is -2.32. The summed E-state index contributed by atoms with van der Waals surface area (Å²) < 4.78 is 13.1. The van der Waals surface area contributed by atoms with Gasteiger partial charge in [-0.2, -0.15) is 0 Å². The van der Waals surface area contributed by atoms with E-state index in [-0.39, 0.29) is 23.8 Å². The summed E-state index contributed by atoms with van der Waals surface area (Å²) in [4.78, 5) is 13.7. The third-order valence-electron chi connectivity index (χ3n) is 4.91. The van der Waals surface area contributed by atoms with Crippen LogP contribution in [-0.2, 0) is 4.79 Å². The van der Waals surface area contributed by atoms with Crippen LogP contribution < -0.4 is 0 Å². The molecule has 4 heteroatoms. The number of fused-ring (bicyclic) bond motifs is 2. The van der Waals surface area contributed by atoms with Gasteiger partial charge >= 0.3 is 5.97 Å². The van der Waals surface area contributed by atoms with Crippen LogP contribution in [0.15, 0.2) is 24.3 Å². The Morgan fingerprint density at radius 1 is 1.40 bits per heavy atom. The predicted octanol–water partition coefficient (Wildman–Crippen LogP) is 3.21. The minimum absolute atomic E-state index is 0.146. The molecule has 1 N–H and O–H groups in total. The highest BCUT2D eigenvalue weighted by atomic mass is 19.1. The number of aliphatic carboxylic acids is 1. The number of carboxylic acid groups (broad SMARTS) is 1. The Kier molecular flexibility index (Phi) is 3.50. The van der Waals surface area contributed by atoms with E-state index in [1.165, 1.54) is 12.1 Å². The summed E-state index contributed by atoms with van der Waals surface area (Å²) in [5.74, 6) is -1.13. The Bertz CT molecular complexity index is 502. The van der Waals surface area contributed by atoms with Gasteiger partial charge in [-0.1, -0.05) is 19.1 Å². The Balaban J connectivity index is 1.87. The molecule has 2 aliphatic heterocycles. The van der Waals surface area contributed by atoms with Crippen molar-refractivity contribution in [3.05, 3.63) is 35.6 Å². The maximum absolute atomic E-state index is 13.1. The zero-order chi connectivity index (χ0) is 14.3. The lowest BCUT2D eigenvalue weighted by atomic mass is 9.89. The van der Waals surface area contributed by atoms with Crippen molar-refractivity contribution in [2.45, 2.75) is 50.7 Å². The van der Waals surface area contributed by atoms with Crippen molar-refractivity contribution in [2.75, 3.05) is 0 Å². The van der Waals surface area contributed by atoms with Crippen LogP contribution >= 0.6 is 0 Å². The molecular formula is C16H20FNO2. The Hall–Kier alpha value is -1.42. The number of carbonyl (C=O) groups is 1. The van der Waals surface area contributed by atoms with Gasteiger partial charge in [0.2, 0.25) is 0 Å². The zero-order valence-electron chi connectivity index (χ0n) is 11.6. The monoisotopic (exact) mass is 277 g/mol. The van der Waals surface area contributed by atoms with Crippen molar-refractivity contribution >= 4 is 5.97 Å². The number of benzene rings is 1. The number of halogens is 1. The van der Waals surface area contributed by atoms with Gasteiger partial charge in [0.1, 0.15) is 5.82 Å². The van der Waals surface area contributed by atoms with Gasteiger partial charge in [0.05, 0.1) is 5.92 Å². The van der Waals surface area contributed by atoms with Gasteiger partial charge in [0, 0.05) is 18.1 Å². The van der Waals surface area contributed by atoms with E-state index < -0.39 is 5.97 Å². The second kappa shape index (κ2) is 5.17. The molecule has 2 aliphatic rings. The van der Waals surface area contributed by atoms with E-state index in [2.05, 4.69) is 11.8 Å². The van der Waals surface area contributed by atoms with Gasteiger partial charge in [0.25, 0.3) is 0 Å². The Labute approximate surface area is 118 Å².